The summed E-state index contributed by atoms with van der Waals surface area (Å²) in [5.74, 6) is 0. The lowest BCUT2D eigenvalue weighted by Gasteiger charge is -2.04. The minimum Gasteiger partial charge on any atom is -0.255 e. The Morgan fingerprint density at radius 3 is 1.26 bits per heavy atom. The second-order valence-corrected chi connectivity index (χ2v) is 9.04. The predicted octanol–water partition coefficient (Wildman–Crippen LogP) is 6.51. The molecule has 6 rings (SSSR count). The van der Waals surface area contributed by atoms with Crippen molar-refractivity contribution in [2.75, 3.05) is 0 Å². The fourth-order valence-corrected chi connectivity index (χ4v) is 5.00. The number of thiazole rings is 2. The summed E-state index contributed by atoms with van der Waals surface area (Å²) in [6.07, 6.45) is 3.54. The van der Waals surface area contributed by atoms with E-state index < -0.39 is 0 Å². The fourth-order valence-electron chi connectivity index (χ4n) is 3.44. The van der Waals surface area contributed by atoms with Crippen LogP contribution >= 0.6 is 22.7 Å². The van der Waals surface area contributed by atoms with Crippen LogP contribution < -0.4 is 0 Å². The Balaban J connectivity index is 1.30. The van der Waals surface area contributed by atoms with Gasteiger partial charge in [-0.25, -0.2) is 19.9 Å². The molecule has 0 aliphatic heterocycles. The molecule has 0 aliphatic rings. The third-order valence-corrected chi connectivity index (χ3v) is 6.79. The molecule has 0 atom stereocenters. The van der Waals surface area contributed by atoms with E-state index in [1.165, 1.54) is 0 Å². The smallest absolute Gasteiger partial charge is 0.142 e. The van der Waals surface area contributed by atoms with Crippen LogP contribution in [0.2, 0.25) is 0 Å². The summed E-state index contributed by atoms with van der Waals surface area (Å²) < 4.78 is 0. The first-order valence-corrected chi connectivity index (χ1v) is 12.3. The molecule has 6 aromatic rings. The van der Waals surface area contributed by atoms with E-state index in [4.69, 9.17) is 19.9 Å². The first-order chi connectivity index (χ1) is 16.8. The highest BCUT2D eigenvalue weighted by atomic mass is 32.1. The lowest BCUT2D eigenvalue weighted by Crippen LogP contribution is -1.92. The van der Waals surface area contributed by atoms with Gasteiger partial charge in [0.1, 0.15) is 21.4 Å². The molecule has 162 valence electrons. The third-order valence-electron chi connectivity index (χ3n) is 5.06. The summed E-state index contributed by atoms with van der Waals surface area (Å²) in [5, 5.41) is 5.70. The third kappa shape index (κ3) is 4.12. The van der Waals surface area contributed by atoms with Gasteiger partial charge in [-0.15, -0.1) is 22.7 Å². The standard InChI is InChI=1S/C26H16N6S2/c1-3-13-27-17(7-1)23-15-33-25(31-23)21-11-5-9-19(29-21)20-10-6-12-22(30-20)26-32-24(16-34-26)18-8-2-4-14-28-18/h1-16H. The maximum absolute atomic E-state index is 4.85. The van der Waals surface area contributed by atoms with E-state index in [-0.39, 0.29) is 0 Å². The highest BCUT2D eigenvalue weighted by Gasteiger charge is 2.13. The lowest BCUT2D eigenvalue weighted by molar-refractivity contribution is 1.22. The summed E-state index contributed by atoms with van der Waals surface area (Å²) in [4.78, 5) is 27.9. The van der Waals surface area contributed by atoms with Crippen molar-refractivity contribution < 1.29 is 0 Å². The van der Waals surface area contributed by atoms with Gasteiger partial charge in [0.2, 0.25) is 0 Å². The molecule has 6 nitrogen and oxygen atoms in total. The summed E-state index contributed by atoms with van der Waals surface area (Å²) in [5.41, 5.74) is 6.59. The van der Waals surface area contributed by atoms with Gasteiger partial charge < -0.3 is 0 Å². The van der Waals surface area contributed by atoms with Gasteiger partial charge in [0.25, 0.3) is 0 Å². The Morgan fingerprint density at radius 2 is 0.824 bits per heavy atom. The Morgan fingerprint density at radius 1 is 0.382 bits per heavy atom. The van der Waals surface area contributed by atoms with Crippen molar-refractivity contribution >= 4 is 22.7 Å². The number of rotatable bonds is 5. The van der Waals surface area contributed by atoms with Crippen LogP contribution in [0.5, 0.6) is 0 Å². The molecule has 0 bridgehead atoms. The monoisotopic (exact) mass is 476 g/mol. The molecular weight excluding hydrogens is 460 g/mol. The zero-order valence-electron chi connectivity index (χ0n) is 17.7. The molecule has 0 amide bonds. The van der Waals surface area contributed by atoms with Gasteiger partial charge in [0.15, 0.2) is 0 Å². The van der Waals surface area contributed by atoms with Crippen LogP contribution in [0.15, 0.2) is 96.0 Å². The highest BCUT2D eigenvalue weighted by molar-refractivity contribution is 7.13. The van der Waals surface area contributed by atoms with E-state index in [1.54, 1.807) is 35.1 Å². The van der Waals surface area contributed by atoms with Crippen molar-refractivity contribution in [1.82, 2.24) is 29.9 Å². The van der Waals surface area contributed by atoms with E-state index in [1.807, 2.05) is 83.6 Å². The molecular formula is C26H16N6S2. The Hall–Kier alpha value is -4.14. The van der Waals surface area contributed by atoms with Crippen molar-refractivity contribution in [3.63, 3.8) is 0 Å². The second kappa shape index (κ2) is 9.01. The van der Waals surface area contributed by atoms with Crippen molar-refractivity contribution in [1.29, 1.82) is 0 Å². The number of pyridine rings is 4. The van der Waals surface area contributed by atoms with Crippen LogP contribution in [0, 0.1) is 0 Å². The predicted molar refractivity (Wildman–Crippen MR) is 136 cm³/mol. The second-order valence-electron chi connectivity index (χ2n) is 7.32. The zero-order chi connectivity index (χ0) is 22.7. The first-order valence-electron chi connectivity index (χ1n) is 10.5. The van der Waals surface area contributed by atoms with Gasteiger partial charge in [-0.1, -0.05) is 24.3 Å². The van der Waals surface area contributed by atoms with Crippen LogP contribution in [0.25, 0.3) is 55.6 Å². The van der Waals surface area contributed by atoms with Gasteiger partial charge in [-0.3, -0.25) is 9.97 Å². The highest BCUT2D eigenvalue weighted by Crippen LogP contribution is 2.30. The molecule has 0 saturated carbocycles. The quantitative estimate of drug-likeness (QED) is 0.282. The normalized spacial score (nSPS) is 10.9. The SMILES string of the molecule is c1ccc(-c2csc(-c3cccc(-c4cccc(-c5nc(-c6ccccn6)cs5)n4)n3)n2)nc1. The van der Waals surface area contributed by atoms with Crippen molar-refractivity contribution in [2.24, 2.45) is 0 Å². The molecule has 6 aromatic heterocycles. The van der Waals surface area contributed by atoms with Crippen LogP contribution in [-0.4, -0.2) is 29.9 Å². The molecule has 0 N–H and O–H groups in total. The molecule has 0 fully saturated rings. The Kier molecular flexibility index (Phi) is 5.42. The number of nitrogens with zero attached hydrogens (tertiary/aromatic N) is 6. The molecule has 0 spiro atoms. The summed E-state index contributed by atoms with van der Waals surface area (Å²) in [7, 11) is 0. The van der Waals surface area contributed by atoms with E-state index in [9.17, 15) is 0 Å². The van der Waals surface area contributed by atoms with Crippen LogP contribution in [0.1, 0.15) is 0 Å². The molecule has 8 heteroatoms. The van der Waals surface area contributed by atoms with Crippen LogP contribution in [-0.2, 0) is 0 Å². The minimum absolute atomic E-state index is 0.787. The molecule has 0 unspecified atom stereocenters. The van der Waals surface area contributed by atoms with Crippen LogP contribution in [0.4, 0.5) is 0 Å². The number of hydrogen-bond donors (Lipinski definition) is 0. The van der Waals surface area contributed by atoms with Gasteiger partial charge in [0.05, 0.1) is 34.2 Å². The zero-order valence-corrected chi connectivity index (χ0v) is 19.4. The van der Waals surface area contributed by atoms with Gasteiger partial charge in [0, 0.05) is 23.2 Å². The summed E-state index contributed by atoms with van der Waals surface area (Å²) in [6, 6.07) is 23.4. The molecule has 0 radical (unpaired) electrons. The minimum atomic E-state index is 0.787. The van der Waals surface area contributed by atoms with E-state index in [2.05, 4.69) is 9.97 Å². The van der Waals surface area contributed by atoms with E-state index in [0.29, 0.717) is 0 Å². The summed E-state index contributed by atoms with van der Waals surface area (Å²) >= 11 is 3.11. The average molecular weight is 477 g/mol. The van der Waals surface area contributed by atoms with Crippen molar-refractivity contribution in [2.45, 2.75) is 0 Å². The van der Waals surface area contributed by atoms with Crippen molar-refractivity contribution in [3.8, 4) is 55.6 Å². The van der Waals surface area contributed by atoms with E-state index in [0.717, 1.165) is 55.6 Å². The lowest BCUT2D eigenvalue weighted by atomic mass is 10.2. The number of hydrogen-bond acceptors (Lipinski definition) is 8. The van der Waals surface area contributed by atoms with E-state index >= 15 is 0 Å². The maximum atomic E-state index is 4.85. The first kappa shape index (κ1) is 20.5. The maximum Gasteiger partial charge on any atom is 0.142 e. The summed E-state index contributed by atoms with van der Waals surface area (Å²) in [6.45, 7) is 0. The Bertz CT molecular complexity index is 1440. The largest absolute Gasteiger partial charge is 0.255 e. The fraction of sp³-hybridized carbons (Fsp3) is 0. The molecule has 0 saturated heterocycles. The van der Waals surface area contributed by atoms with Gasteiger partial charge in [-0.05, 0) is 48.5 Å². The number of aromatic nitrogens is 6. The average Bonchev–Trinajstić information content (AvgIpc) is 3.61. The molecule has 0 aromatic carbocycles. The Labute approximate surface area is 203 Å². The van der Waals surface area contributed by atoms with Crippen LogP contribution in [0.3, 0.4) is 0 Å². The molecule has 6 heterocycles. The van der Waals surface area contributed by atoms with Crippen molar-refractivity contribution in [3.05, 3.63) is 96.0 Å². The topological polar surface area (TPSA) is 77.3 Å². The van der Waals surface area contributed by atoms with Gasteiger partial charge in [-0.2, -0.15) is 0 Å². The van der Waals surface area contributed by atoms with Gasteiger partial charge >= 0.3 is 0 Å². The molecule has 0 aliphatic carbocycles. The molecule has 34 heavy (non-hydrogen) atoms.